The number of benzene rings is 1. The van der Waals surface area contributed by atoms with Gasteiger partial charge in [-0.25, -0.2) is 4.39 Å². The van der Waals surface area contributed by atoms with E-state index in [1.165, 1.54) is 19.1 Å². The predicted octanol–water partition coefficient (Wildman–Crippen LogP) is 2.44. The molecule has 82 valence electrons. The lowest BCUT2D eigenvalue weighted by atomic mass is 10.0. The third-order valence-corrected chi connectivity index (χ3v) is 2.94. The summed E-state index contributed by atoms with van der Waals surface area (Å²) in [4.78, 5) is 10.8. The molecule has 0 radical (unpaired) electrons. The molecule has 0 aliphatic rings. The lowest BCUT2D eigenvalue weighted by molar-refractivity contribution is -0.138. The van der Waals surface area contributed by atoms with E-state index in [2.05, 4.69) is 0 Å². The Morgan fingerprint density at radius 1 is 1.53 bits per heavy atom. The summed E-state index contributed by atoms with van der Waals surface area (Å²) in [6.07, 6.45) is 1.62. The Labute approximate surface area is 90.9 Å². The number of aromatic hydroxyl groups is 1. The fourth-order valence-corrected chi connectivity index (χ4v) is 1.80. The van der Waals surface area contributed by atoms with E-state index in [0.717, 1.165) is 11.8 Å². The molecule has 0 saturated heterocycles. The molecule has 0 saturated carbocycles. The zero-order valence-electron chi connectivity index (χ0n) is 8.32. The van der Waals surface area contributed by atoms with Crippen LogP contribution in [0.5, 0.6) is 5.75 Å². The minimum absolute atomic E-state index is 0.0839. The van der Waals surface area contributed by atoms with Gasteiger partial charge in [0.25, 0.3) is 0 Å². The van der Waals surface area contributed by atoms with Gasteiger partial charge in [0.05, 0.1) is 10.8 Å². The van der Waals surface area contributed by atoms with Gasteiger partial charge < -0.3 is 10.2 Å². The number of thioether (sulfide) groups is 1. The number of phenols is 1. The van der Waals surface area contributed by atoms with Crippen molar-refractivity contribution in [2.45, 2.75) is 17.7 Å². The Morgan fingerprint density at radius 3 is 2.60 bits per heavy atom. The number of phenolic OH excluding ortho intramolecular Hbond substituents is 1. The first kappa shape index (κ1) is 11.8. The van der Waals surface area contributed by atoms with Crippen molar-refractivity contribution in [3.8, 4) is 5.75 Å². The van der Waals surface area contributed by atoms with E-state index in [1.807, 2.05) is 0 Å². The first-order valence-corrected chi connectivity index (χ1v) is 5.49. The van der Waals surface area contributed by atoms with Gasteiger partial charge in [-0.05, 0) is 19.2 Å². The molecule has 0 bridgehead atoms. The Morgan fingerprint density at radius 2 is 2.13 bits per heavy atom. The number of halogens is 1. The van der Waals surface area contributed by atoms with Gasteiger partial charge in [0.1, 0.15) is 11.6 Å². The molecule has 1 atom stereocenters. The standard InChI is InChI=1S/C10H11FO3S/c1-5(10(13)14)6-3-4-7(12)9(15-2)8(6)11/h3-5,12H,1-2H3,(H,13,14). The third-order valence-electron chi connectivity index (χ3n) is 2.15. The van der Waals surface area contributed by atoms with Crippen LogP contribution in [0.15, 0.2) is 17.0 Å². The smallest absolute Gasteiger partial charge is 0.310 e. The van der Waals surface area contributed by atoms with Crippen LogP contribution in [0.2, 0.25) is 0 Å². The Kier molecular flexibility index (Phi) is 3.57. The summed E-state index contributed by atoms with van der Waals surface area (Å²) in [6.45, 7) is 1.40. The fourth-order valence-electron chi connectivity index (χ4n) is 1.22. The van der Waals surface area contributed by atoms with Gasteiger partial charge in [0, 0.05) is 5.56 Å². The summed E-state index contributed by atoms with van der Waals surface area (Å²) < 4.78 is 13.7. The van der Waals surface area contributed by atoms with E-state index >= 15 is 0 Å². The largest absolute Gasteiger partial charge is 0.507 e. The SMILES string of the molecule is CSc1c(O)ccc(C(C)C(=O)O)c1F. The quantitative estimate of drug-likeness (QED) is 0.783. The molecular formula is C10H11FO3S. The second-order valence-corrected chi connectivity index (χ2v) is 3.90. The number of rotatable bonds is 3. The number of aliphatic carboxylic acids is 1. The minimum Gasteiger partial charge on any atom is -0.507 e. The van der Waals surface area contributed by atoms with Gasteiger partial charge in [-0.15, -0.1) is 11.8 Å². The number of carboxylic acid groups (broad SMARTS) is 1. The lowest BCUT2D eigenvalue weighted by Gasteiger charge is -2.11. The van der Waals surface area contributed by atoms with E-state index in [0.29, 0.717) is 0 Å². The van der Waals surface area contributed by atoms with Crippen LogP contribution < -0.4 is 0 Å². The van der Waals surface area contributed by atoms with Crippen LogP contribution in [0.1, 0.15) is 18.4 Å². The van der Waals surface area contributed by atoms with Crippen LogP contribution >= 0.6 is 11.8 Å². The van der Waals surface area contributed by atoms with E-state index in [1.54, 1.807) is 6.26 Å². The summed E-state index contributed by atoms with van der Waals surface area (Å²) in [5, 5.41) is 18.1. The second-order valence-electron chi connectivity index (χ2n) is 3.08. The maximum atomic E-state index is 13.7. The first-order chi connectivity index (χ1) is 6.99. The van der Waals surface area contributed by atoms with Crippen LogP contribution in [0, 0.1) is 5.82 Å². The number of carboxylic acids is 1. The summed E-state index contributed by atoms with van der Waals surface area (Å²) >= 11 is 1.05. The van der Waals surface area contributed by atoms with Crippen molar-refractivity contribution in [1.29, 1.82) is 0 Å². The third kappa shape index (κ3) is 2.23. The van der Waals surface area contributed by atoms with Gasteiger partial charge in [-0.3, -0.25) is 4.79 Å². The van der Waals surface area contributed by atoms with Gasteiger partial charge in [0.15, 0.2) is 0 Å². The van der Waals surface area contributed by atoms with Crippen molar-refractivity contribution in [2.75, 3.05) is 6.26 Å². The van der Waals surface area contributed by atoms with Crippen molar-refractivity contribution < 1.29 is 19.4 Å². The topological polar surface area (TPSA) is 57.5 Å². The molecule has 0 heterocycles. The summed E-state index contributed by atoms with van der Waals surface area (Å²) in [6, 6.07) is 2.60. The average molecular weight is 230 g/mol. The molecule has 2 N–H and O–H groups in total. The highest BCUT2D eigenvalue weighted by atomic mass is 32.2. The van der Waals surface area contributed by atoms with Crippen LogP contribution in [0.4, 0.5) is 4.39 Å². The molecule has 1 aromatic carbocycles. The highest BCUT2D eigenvalue weighted by molar-refractivity contribution is 7.98. The highest BCUT2D eigenvalue weighted by Crippen LogP contribution is 2.34. The van der Waals surface area contributed by atoms with Crippen LogP contribution in [0.25, 0.3) is 0 Å². The maximum Gasteiger partial charge on any atom is 0.310 e. The number of hydrogen-bond donors (Lipinski definition) is 2. The monoisotopic (exact) mass is 230 g/mol. The minimum atomic E-state index is -1.09. The molecule has 1 unspecified atom stereocenters. The van der Waals surface area contributed by atoms with Crippen LogP contribution in [0.3, 0.4) is 0 Å². The average Bonchev–Trinajstić information content (AvgIpc) is 2.17. The first-order valence-electron chi connectivity index (χ1n) is 4.27. The van der Waals surface area contributed by atoms with Crippen molar-refractivity contribution in [3.05, 3.63) is 23.5 Å². The van der Waals surface area contributed by atoms with Gasteiger partial charge in [-0.2, -0.15) is 0 Å². The normalized spacial score (nSPS) is 12.5. The van der Waals surface area contributed by atoms with E-state index < -0.39 is 17.7 Å². The molecule has 0 aliphatic carbocycles. The molecule has 0 amide bonds. The second kappa shape index (κ2) is 4.53. The molecule has 15 heavy (non-hydrogen) atoms. The molecule has 1 aromatic rings. The van der Waals surface area contributed by atoms with Crippen molar-refractivity contribution in [2.24, 2.45) is 0 Å². The Hall–Kier alpha value is -1.23. The molecular weight excluding hydrogens is 219 g/mol. The van der Waals surface area contributed by atoms with Gasteiger partial charge in [-0.1, -0.05) is 6.07 Å². The molecule has 0 spiro atoms. The molecule has 0 aromatic heterocycles. The van der Waals surface area contributed by atoms with Crippen molar-refractivity contribution in [1.82, 2.24) is 0 Å². The van der Waals surface area contributed by atoms with Gasteiger partial charge >= 0.3 is 5.97 Å². The van der Waals surface area contributed by atoms with E-state index in [-0.39, 0.29) is 16.2 Å². The summed E-state index contributed by atoms with van der Waals surface area (Å²) in [7, 11) is 0. The van der Waals surface area contributed by atoms with Crippen molar-refractivity contribution >= 4 is 17.7 Å². The van der Waals surface area contributed by atoms with Crippen LogP contribution in [-0.4, -0.2) is 22.4 Å². The fraction of sp³-hybridized carbons (Fsp3) is 0.300. The van der Waals surface area contributed by atoms with Crippen molar-refractivity contribution in [3.63, 3.8) is 0 Å². The molecule has 3 nitrogen and oxygen atoms in total. The zero-order chi connectivity index (χ0) is 11.6. The molecule has 5 heteroatoms. The summed E-state index contributed by atoms with van der Waals surface area (Å²) in [5.74, 6) is -2.83. The zero-order valence-corrected chi connectivity index (χ0v) is 9.14. The van der Waals surface area contributed by atoms with Crippen LogP contribution in [-0.2, 0) is 4.79 Å². The lowest BCUT2D eigenvalue weighted by Crippen LogP contribution is -2.09. The molecule has 0 fully saturated rings. The Bertz CT molecular complexity index is 392. The number of carbonyl (C=O) groups is 1. The Balaban J connectivity index is 3.27. The number of hydrogen-bond acceptors (Lipinski definition) is 3. The maximum absolute atomic E-state index is 13.7. The van der Waals surface area contributed by atoms with E-state index in [9.17, 15) is 14.3 Å². The molecule has 0 aliphatic heterocycles. The molecule has 1 rings (SSSR count). The van der Waals surface area contributed by atoms with E-state index in [4.69, 9.17) is 5.11 Å². The highest BCUT2D eigenvalue weighted by Gasteiger charge is 2.21. The van der Waals surface area contributed by atoms with Gasteiger partial charge in [0.2, 0.25) is 0 Å². The predicted molar refractivity (Wildman–Crippen MR) is 55.9 cm³/mol. The summed E-state index contributed by atoms with van der Waals surface area (Å²) in [5.41, 5.74) is 0.0876.